The van der Waals surface area contributed by atoms with Crippen LogP contribution in [0.25, 0.3) is 11.3 Å². The predicted molar refractivity (Wildman–Crippen MR) is 125 cm³/mol. The molecule has 4 rings (SSSR count). The molecule has 162 valence electrons. The summed E-state index contributed by atoms with van der Waals surface area (Å²) in [6.07, 6.45) is 4.63. The molecule has 1 aliphatic rings. The van der Waals surface area contributed by atoms with E-state index in [1.54, 1.807) is 12.1 Å². The lowest BCUT2D eigenvalue weighted by atomic mass is 10.1. The van der Waals surface area contributed by atoms with Crippen LogP contribution in [0.1, 0.15) is 37.2 Å². The summed E-state index contributed by atoms with van der Waals surface area (Å²) >= 11 is 0. The Morgan fingerprint density at radius 1 is 0.968 bits per heavy atom. The van der Waals surface area contributed by atoms with Crippen LogP contribution in [0.4, 0.5) is 0 Å². The summed E-state index contributed by atoms with van der Waals surface area (Å²) in [6, 6.07) is 19.2. The van der Waals surface area contributed by atoms with E-state index in [2.05, 4.69) is 53.3 Å². The van der Waals surface area contributed by atoms with Gasteiger partial charge in [-0.3, -0.25) is 4.90 Å². The van der Waals surface area contributed by atoms with Crippen LogP contribution in [0.15, 0.2) is 60.8 Å². The molecule has 1 aliphatic heterocycles. The topological polar surface area (TPSA) is 61.3 Å². The molecule has 0 saturated carbocycles. The Kier molecular flexibility index (Phi) is 6.95. The van der Waals surface area contributed by atoms with Crippen LogP contribution in [0.5, 0.6) is 5.75 Å². The van der Waals surface area contributed by atoms with Gasteiger partial charge in [0, 0.05) is 49.9 Å². The lowest BCUT2D eigenvalue weighted by Crippen LogP contribution is -2.53. The van der Waals surface area contributed by atoms with Gasteiger partial charge in [-0.1, -0.05) is 30.3 Å². The van der Waals surface area contributed by atoms with E-state index in [-0.39, 0.29) is 0 Å². The Balaban J connectivity index is 1.39. The van der Waals surface area contributed by atoms with Gasteiger partial charge >= 0.3 is 0 Å². The van der Waals surface area contributed by atoms with Gasteiger partial charge in [-0.2, -0.15) is 0 Å². The van der Waals surface area contributed by atoms with Crippen molar-refractivity contribution < 1.29 is 5.11 Å². The van der Waals surface area contributed by atoms with Gasteiger partial charge in [0.25, 0.3) is 0 Å². The number of nitrogens with one attached hydrogen (secondary N) is 1. The summed E-state index contributed by atoms with van der Waals surface area (Å²) in [4.78, 5) is 11.8. The maximum absolute atomic E-state index is 9.41. The molecular formula is C26H32N4O. The minimum Gasteiger partial charge on any atom is -0.508 e. The van der Waals surface area contributed by atoms with Crippen LogP contribution in [-0.2, 0) is 19.4 Å². The van der Waals surface area contributed by atoms with Crippen molar-refractivity contribution in [1.29, 1.82) is 0 Å². The van der Waals surface area contributed by atoms with Crippen molar-refractivity contribution in [2.45, 2.75) is 51.7 Å². The highest BCUT2D eigenvalue weighted by atomic mass is 16.3. The summed E-state index contributed by atoms with van der Waals surface area (Å²) in [7, 11) is 0. The van der Waals surface area contributed by atoms with Crippen LogP contribution < -0.4 is 5.32 Å². The molecule has 2 heterocycles. The van der Waals surface area contributed by atoms with Gasteiger partial charge in [0.1, 0.15) is 11.6 Å². The van der Waals surface area contributed by atoms with E-state index >= 15 is 0 Å². The van der Waals surface area contributed by atoms with Crippen molar-refractivity contribution in [1.82, 2.24) is 20.2 Å². The Morgan fingerprint density at radius 3 is 2.52 bits per heavy atom. The molecule has 0 spiro atoms. The van der Waals surface area contributed by atoms with Crippen molar-refractivity contribution in [3.8, 4) is 17.0 Å². The maximum Gasteiger partial charge on any atom is 0.128 e. The summed E-state index contributed by atoms with van der Waals surface area (Å²) in [5.74, 6) is 1.19. The molecule has 1 fully saturated rings. The summed E-state index contributed by atoms with van der Waals surface area (Å²) in [5, 5.41) is 13.0. The fourth-order valence-corrected chi connectivity index (χ4v) is 4.45. The normalized spacial score (nSPS) is 19.4. The molecule has 31 heavy (non-hydrogen) atoms. The first-order valence-electron chi connectivity index (χ1n) is 11.2. The largest absolute Gasteiger partial charge is 0.508 e. The fourth-order valence-electron chi connectivity index (χ4n) is 4.45. The highest BCUT2D eigenvalue weighted by molar-refractivity contribution is 5.59. The number of phenolic OH excluding ortho intramolecular Hbond substituents is 1. The molecule has 0 aliphatic carbocycles. The van der Waals surface area contributed by atoms with E-state index in [9.17, 15) is 5.11 Å². The number of nitrogens with zero attached hydrogens (tertiary/aromatic N) is 3. The zero-order chi connectivity index (χ0) is 21.6. The van der Waals surface area contributed by atoms with Gasteiger partial charge in [0.15, 0.2) is 0 Å². The number of piperazine rings is 1. The predicted octanol–water partition coefficient (Wildman–Crippen LogP) is 4.21. The van der Waals surface area contributed by atoms with Crippen molar-refractivity contribution in [2.24, 2.45) is 0 Å². The number of phenols is 1. The lowest BCUT2D eigenvalue weighted by Gasteiger charge is -2.36. The van der Waals surface area contributed by atoms with Crippen LogP contribution in [0, 0.1) is 0 Å². The zero-order valence-electron chi connectivity index (χ0n) is 18.5. The van der Waals surface area contributed by atoms with Gasteiger partial charge in [-0.05, 0) is 62.1 Å². The maximum atomic E-state index is 9.41. The Bertz CT molecular complexity index is 979. The summed E-state index contributed by atoms with van der Waals surface area (Å²) in [6.45, 7) is 7.63. The minimum absolute atomic E-state index is 0.308. The fraction of sp³-hybridized carbons (Fsp3) is 0.385. The SMILES string of the molecule is CC1CN(Cc2cccc(-c3ccnc(CCCc4ccc(O)cc4)n3)c2)CC(C)N1. The molecule has 3 aromatic rings. The number of hydrogen-bond donors (Lipinski definition) is 2. The third-order valence-electron chi connectivity index (χ3n) is 5.77. The second kappa shape index (κ2) is 10.0. The number of aromatic nitrogens is 2. The Morgan fingerprint density at radius 2 is 1.74 bits per heavy atom. The number of hydrogen-bond acceptors (Lipinski definition) is 5. The number of benzene rings is 2. The molecule has 5 nitrogen and oxygen atoms in total. The third-order valence-corrected chi connectivity index (χ3v) is 5.77. The Hall–Kier alpha value is -2.76. The molecule has 2 unspecified atom stereocenters. The average Bonchev–Trinajstić information content (AvgIpc) is 2.75. The van der Waals surface area contributed by atoms with Gasteiger partial charge in [0.2, 0.25) is 0 Å². The van der Waals surface area contributed by atoms with Crippen LogP contribution >= 0.6 is 0 Å². The lowest BCUT2D eigenvalue weighted by molar-refractivity contribution is 0.166. The quantitative estimate of drug-likeness (QED) is 0.604. The number of rotatable bonds is 7. The van der Waals surface area contributed by atoms with E-state index in [1.165, 1.54) is 11.1 Å². The minimum atomic E-state index is 0.308. The second-order valence-electron chi connectivity index (χ2n) is 8.74. The van der Waals surface area contributed by atoms with Crippen molar-refractivity contribution in [3.05, 3.63) is 77.7 Å². The number of aryl methyl sites for hydroxylation is 2. The third kappa shape index (κ3) is 6.12. The average molecular weight is 417 g/mol. The molecular weight excluding hydrogens is 384 g/mol. The molecule has 1 saturated heterocycles. The standard InChI is InChI=1S/C26H32N4O/c1-19-16-30(17-20(2)28-19)18-22-6-3-7-23(15-22)25-13-14-27-26(29-25)8-4-5-21-9-11-24(31)12-10-21/h3,6-7,9-15,19-20,28,31H,4-5,8,16-18H2,1-2H3. The molecule has 0 radical (unpaired) electrons. The molecule has 0 bridgehead atoms. The molecule has 1 aromatic heterocycles. The molecule has 2 aromatic carbocycles. The summed E-state index contributed by atoms with van der Waals surface area (Å²) < 4.78 is 0. The van der Waals surface area contributed by atoms with Crippen LogP contribution in [-0.4, -0.2) is 45.1 Å². The molecule has 0 amide bonds. The van der Waals surface area contributed by atoms with Gasteiger partial charge in [-0.15, -0.1) is 0 Å². The van der Waals surface area contributed by atoms with Crippen molar-refractivity contribution >= 4 is 0 Å². The van der Waals surface area contributed by atoms with Crippen LogP contribution in [0.2, 0.25) is 0 Å². The first-order chi connectivity index (χ1) is 15.0. The highest BCUT2D eigenvalue weighted by Gasteiger charge is 2.20. The summed E-state index contributed by atoms with van der Waals surface area (Å²) in [5.41, 5.74) is 4.68. The first kappa shape index (κ1) is 21.5. The van der Waals surface area contributed by atoms with Crippen molar-refractivity contribution in [2.75, 3.05) is 13.1 Å². The molecule has 5 heteroatoms. The number of aromatic hydroxyl groups is 1. The van der Waals surface area contributed by atoms with Crippen LogP contribution in [0.3, 0.4) is 0 Å². The van der Waals surface area contributed by atoms with Gasteiger partial charge in [0.05, 0.1) is 5.69 Å². The second-order valence-corrected chi connectivity index (χ2v) is 8.74. The van der Waals surface area contributed by atoms with E-state index in [0.29, 0.717) is 17.8 Å². The smallest absolute Gasteiger partial charge is 0.128 e. The van der Waals surface area contributed by atoms with Gasteiger partial charge < -0.3 is 10.4 Å². The van der Waals surface area contributed by atoms with E-state index in [4.69, 9.17) is 4.98 Å². The van der Waals surface area contributed by atoms with Gasteiger partial charge in [-0.25, -0.2) is 9.97 Å². The van der Waals surface area contributed by atoms with Crippen molar-refractivity contribution in [3.63, 3.8) is 0 Å². The monoisotopic (exact) mass is 416 g/mol. The highest BCUT2D eigenvalue weighted by Crippen LogP contribution is 2.20. The molecule has 2 atom stereocenters. The van der Waals surface area contributed by atoms with E-state index < -0.39 is 0 Å². The van der Waals surface area contributed by atoms with E-state index in [0.717, 1.165) is 56.0 Å². The Labute approximate surface area is 185 Å². The van der Waals surface area contributed by atoms with E-state index in [1.807, 2.05) is 24.4 Å². The first-order valence-corrected chi connectivity index (χ1v) is 11.2. The molecule has 2 N–H and O–H groups in total. The zero-order valence-corrected chi connectivity index (χ0v) is 18.5.